The van der Waals surface area contributed by atoms with E-state index < -0.39 is 11.0 Å². The van der Waals surface area contributed by atoms with Crippen molar-refractivity contribution in [2.75, 3.05) is 20.1 Å². The lowest BCUT2D eigenvalue weighted by Crippen LogP contribution is -2.66. The Morgan fingerprint density at radius 1 is 1.32 bits per heavy atom. The maximum atomic E-state index is 12.9. The lowest BCUT2D eigenvalue weighted by Gasteiger charge is -2.48. The van der Waals surface area contributed by atoms with E-state index in [4.69, 9.17) is 5.73 Å². The van der Waals surface area contributed by atoms with Crippen LogP contribution in [0, 0.1) is 5.41 Å². The highest BCUT2D eigenvalue weighted by Gasteiger charge is 2.51. The van der Waals surface area contributed by atoms with Crippen LogP contribution in [0.5, 0.6) is 0 Å². The van der Waals surface area contributed by atoms with Gasteiger partial charge in [-0.1, -0.05) is 6.42 Å². The fraction of sp³-hybridized carbons (Fsp3) is 0.857. The van der Waals surface area contributed by atoms with Crippen LogP contribution in [0.25, 0.3) is 0 Å². The molecule has 2 unspecified atom stereocenters. The second kappa shape index (κ2) is 4.47. The Hall–Kier alpha value is -1.10. The zero-order valence-corrected chi connectivity index (χ0v) is 12.4. The van der Waals surface area contributed by atoms with E-state index in [9.17, 15) is 9.59 Å². The van der Waals surface area contributed by atoms with Gasteiger partial charge < -0.3 is 15.5 Å². The monoisotopic (exact) mass is 267 g/mol. The molecule has 0 bridgehead atoms. The third-order valence-corrected chi connectivity index (χ3v) is 4.97. The zero-order chi connectivity index (χ0) is 14.4. The number of hydrogen-bond donors (Lipinski definition) is 1. The minimum atomic E-state index is -0.768. The molecule has 0 aromatic heterocycles. The fourth-order valence-electron chi connectivity index (χ4n) is 3.34. The van der Waals surface area contributed by atoms with Gasteiger partial charge in [-0.05, 0) is 33.6 Å². The molecule has 5 heteroatoms. The second-order valence-corrected chi connectivity index (χ2v) is 6.66. The van der Waals surface area contributed by atoms with Crippen molar-refractivity contribution < 1.29 is 9.59 Å². The summed E-state index contributed by atoms with van der Waals surface area (Å²) in [6.07, 6.45) is 2.71. The number of piperazine rings is 1. The second-order valence-electron chi connectivity index (χ2n) is 6.66. The summed E-state index contributed by atoms with van der Waals surface area (Å²) in [5, 5.41) is 0. The smallest absolute Gasteiger partial charge is 0.247 e. The number of carbonyl (C=O) groups excluding carboxylic acids is 2. The van der Waals surface area contributed by atoms with E-state index in [0.717, 1.165) is 19.3 Å². The molecule has 1 saturated carbocycles. The Morgan fingerprint density at radius 3 is 2.47 bits per heavy atom. The van der Waals surface area contributed by atoms with Crippen molar-refractivity contribution in [3.8, 4) is 0 Å². The van der Waals surface area contributed by atoms with E-state index in [1.807, 2.05) is 20.8 Å². The molecule has 1 aliphatic heterocycles. The molecule has 1 aliphatic carbocycles. The number of amides is 2. The van der Waals surface area contributed by atoms with Crippen LogP contribution in [0.2, 0.25) is 0 Å². The number of rotatable bonds is 1. The first-order chi connectivity index (χ1) is 8.71. The van der Waals surface area contributed by atoms with E-state index in [1.54, 1.807) is 16.8 Å². The standard InChI is InChI=1S/C14H25N3O2/c1-13(2)11(18)16(4)8-9-17(13)12(19)14(3)7-5-6-10(14)15/h10H,5-9,15H2,1-4H3. The lowest BCUT2D eigenvalue weighted by molar-refractivity contribution is -0.163. The first-order valence-electron chi connectivity index (χ1n) is 7.04. The molecule has 0 aromatic rings. The number of likely N-dealkylation sites (N-methyl/N-ethyl adjacent to an activating group) is 1. The van der Waals surface area contributed by atoms with Crippen LogP contribution in [0.1, 0.15) is 40.0 Å². The van der Waals surface area contributed by atoms with Crippen LogP contribution in [0.3, 0.4) is 0 Å². The van der Waals surface area contributed by atoms with Gasteiger partial charge in [0.1, 0.15) is 5.54 Å². The van der Waals surface area contributed by atoms with Gasteiger partial charge in [0, 0.05) is 26.2 Å². The van der Waals surface area contributed by atoms with Gasteiger partial charge in [0.2, 0.25) is 11.8 Å². The summed E-state index contributed by atoms with van der Waals surface area (Å²) in [6, 6.07) is -0.0921. The van der Waals surface area contributed by atoms with Gasteiger partial charge in [-0.3, -0.25) is 9.59 Å². The van der Waals surface area contributed by atoms with E-state index in [-0.39, 0.29) is 17.9 Å². The molecule has 0 radical (unpaired) electrons. The highest BCUT2D eigenvalue weighted by Crippen LogP contribution is 2.40. The Balaban J connectivity index is 2.26. The van der Waals surface area contributed by atoms with E-state index in [1.165, 1.54) is 0 Å². The summed E-state index contributed by atoms with van der Waals surface area (Å²) in [4.78, 5) is 28.6. The van der Waals surface area contributed by atoms with Crippen LogP contribution in [0.4, 0.5) is 0 Å². The molecule has 1 saturated heterocycles. The third kappa shape index (κ3) is 2.04. The molecule has 2 atom stereocenters. The predicted octanol–water partition coefficient (Wildman–Crippen LogP) is 0.583. The molecule has 108 valence electrons. The van der Waals surface area contributed by atoms with Gasteiger partial charge in [-0.25, -0.2) is 0 Å². The van der Waals surface area contributed by atoms with Gasteiger partial charge >= 0.3 is 0 Å². The quantitative estimate of drug-likeness (QED) is 0.756. The molecule has 2 aliphatic rings. The van der Waals surface area contributed by atoms with Crippen molar-refractivity contribution in [1.29, 1.82) is 0 Å². The molecule has 19 heavy (non-hydrogen) atoms. The van der Waals surface area contributed by atoms with Crippen molar-refractivity contribution in [1.82, 2.24) is 9.80 Å². The van der Waals surface area contributed by atoms with Crippen molar-refractivity contribution in [3.05, 3.63) is 0 Å². The van der Waals surface area contributed by atoms with Crippen molar-refractivity contribution in [2.45, 2.75) is 51.6 Å². The first kappa shape index (κ1) is 14.3. The topological polar surface area (TPSA) is 66.6 Å². The summed E-state index contributed by atoms with van der Waals surface area (Å²) < 4.78 is 0. The van der Waals surface area contributed by atoms with Crippen LogP contribution < -0.4 is 5.73 Å². The summed E-state index contributed by atoms with van der Waals surface area (Å²) >= 11 is 0. The number of carbonyl (C=O) groups is 2. The number of nitrogens with two attached hydrogens (primary N) is 1. The van der Waals surface area contributed by atoms with Crippen LogP contribution >= 0.6 is 0 Å². The van der Waals surface area contributed by atoms with Crippen molar-refractivity contribution in [3.63, 3.8) is 0 Å². The van der Waals surface area contributed by atoms with E-state index in [2.05, 4.69) is 0 Å². The molecule has 0 spiro atoms. The predicted molar refractivity (Wildman–Crippen MR) is 73.4 cm³/mol. The summed E-state index contributed by atoms with van der Waals surface area (Å²) in [6.45, 7) is 6.79. The fourth-order valence-corrected chi connectivity index (χ4v) is 3.34. The SMILES string of the molecule is CN1CCN(C(=O)C2(C)CCCC2N)C(C)(C)C1=O. The summed E-state index contributed by atoms with van der Waals surface area (Å²) in [5.74, 6) is 0.0474. The van der Waals surface area contributed by atoms with E-state index in [0.29, 0.717) is 13.1 Å². The normalized spacial score (nSPS) is 34.8. The van der Waals surface area contributed by atoms with Crippen LogP contribution in [-0.4, -0.2) is 53.3 Å². The molecular weight excluding hydrogens is 242 g/mol. The van der Waals surface area contributed by atoms with Crippen molar-refractivity contribution >= 4 is 11.8 Å². The molecule has 1 heterocycles. The molecule has 2 amide bonds. The Bertz CT molecular complexity index is 407. The van der Waals surface area contributed by atoms with Crippen molar-refractivity contribution in [2.24, 2.45) is 11.1 Å². The average Bonchev–Trinajstić information content (AvgIpc) is 2.67. The summed E-state index contributed by atoms with van der Waals surface area (Å²) in [7, 11) is 1.79. The Morgan fingerprint density at radius 2 is 1.95 bits per heavy atom. The average molecular weight is 267 g/mol. The number of hydrogen-bond acceptors (Lipinski definition) is 3. The molecule has 2 N–H and O–H groups in total. The number of nitrogens with zero attached hydrogens (tertiary/aromatic N) is 2. The molecule has 0 aromatic carbocycles. The van der Waals surface area contributed by atoms with Crippen LogP contribution in [-0.2, 0) is 9.59 Å². The minimum Gasteiger partial charge on any atom is -0.342 e. The van der Waals surface area contributed by atoms with Gasteiger partial charge in [0.05, 0.1) is 5.41 Å². The molecule has 2 rings (SSSR count). The highest BCUT2D eigenvalue weighted by atomic mass is 16.2. The van der Waals surface area contributed by atoms with E-state index >= 15 is 0 Å². The Labute approximate surface area is 115 Å². The largest absolute Gasteiger partial charge is 0.342 e. The third-order valence-electron chi connectivity index (χ3n) is 4.97. The van der Waals surface area contributed by atoms with Gasteiger partial charge in [0.25, 0.3) is 0 Å². The maximum absolute atomic E-state index is 12.9. The van der Waals surface area contributed by atoms with Gasteiger partial charge in [0.15, 0.2) is 0 Å². The van der Waals surface area contributed by atoms with Gasteiger partial charge in [-0.2, -0.15) is 0 Å². The minimum absolute atomic E-state index is 0.00210. The summed E-state index contributed by atoms with van der Waals surface area (Å²) in [5.41, 5.74) is 4.85. The molecular formula is C14H25N3O2. The zero-order valence-electron chi connectivity index (χ0n) is 12.4. The van der Waals surface area contributed by atoms with Crippen LogP contribution in [0.15, 0.2) is 0 Å². The lowest BCUT2D eigenvalue weighted by atomic mass is 9.81. The van der Waals surface area contributed by atoms with Gasteiger partial charge in [-0.15, -0.1) is 0 Å². The first-order valence-corrected chi connectivity index (χ1v) is 7.04. The highest BCUT2D eigenvalue weighted by molar-refractivity contribution is 5.94. The Kier molecular flexibility index (Phi) is 3.37. The molecule has 5 nitrogen and oxygen atoms in total. The molecule has 2 fully saturated rings. The maximum Gasteiger partial charge on any atom is 0.247 e.